The molecule has 0 amide bonds. The number of hydrogen-bond acceptors (Lipinski definition) is 3. The topological polar surface area (TPSA) is 35.0 Å². The smallest absolute Gasteiger partial charge is 0.242 e. The van der Waals surface area contributed by atoms with E-state index < -0.39 is 0 Å². The van der Waals surface area contributed by atoms with E-state index in [-0.39, 0.29) is 11.2 Å². The van der Waals surface area contributed by atoms with Gasteiger partial charge in [0.2, 0.25) is 11.2 Å². The van der Waals surface area contributed by atoms with Gasteiger partial charge in [0.25, 0.3) is 0 Å². The van der Waals surface area contributed by atoms with E-state index in [1.807, 2.05) is 18.2 Å². The van der Waals surface area contributed by atoms with Crippen LogP contribution in [0.4, 0.5) is 0 Å². The Kier molecular flexibility index (Phi) is 3.04. The second-order valence-electron chi connectivity index (χ2n) is 2.71. The minimum Gasteiger partial charge on any atom is -0.437 e. The summed E-state index contributed by atoms with van der Waals surface area (Å²) in [7, 11) is 0. The van der Waals surface area contributed by atoms with Crippen molar-refractivity contribution < 1.29 is 4.74 Å². The molecular weight excluding hydrogens is 235 g/mol. The van der Waals surface area contributed by atoms with Crippen molar-refractivity contribution in [3.8, 4) is 11.6 Å². The fourth-order valence-corrected chi connectivity index (χ4v) is 1.26. The van der Waals surface area contributed by atoms with Gasteiger partial charge in [-0.15, -0.1) is 0 Å². The molecule has 0 spiro atoms. The lowest BCUT2D eigenvalue weighted by molar-refractivity contribution is 0.462. The Morgan fingerprint density at radius 2 is 1.80 bits per heavy atom. The Bertz CT molecular complexity index is 462. The van der Waals surface area contributed by atoms with Gasteiger partial charge in [0.15, 0.2) is 0 Å². The van der Waals surface area contributed by atoms with Crippen LogP contribution in [-0.2, 0) is 0 Å². The molecule has 15 heavy (non-hydrogen) atoms. The third kappa shape index (κ3) is 2.58. The Labute approximate surface area is 96.6 Å². The van der Waals surface area contributed by atoms with Crippen molar-refractivity contribution in [3.63, 3.8) is 0 Å². The lowest BCUT2D eigenvalue weighted by atomic mass is 10.3. The van der Waals surface area contributed by atoms with Gasteiger partial charge >= 0.3 is 0 Å². The number of ether oxygens (including phenoxy) is 1. The molecule has 0 aliphatic heterocycles. The van der Waals surface area contributed by atoms with Crippen molar-refractivity contribution >= 4 is 23.2 Å². The first-order chi connectivity index (χ1) is 7.25. The molecule has 0 bridgehead atoms. The van der Waals surface area contributed by atoms with E-state index in [2.05, 4.69) is 9.97 Å². The molecule has 5 heteroatoms. The molecule has 0 saturated carbocycles. The maximum atomic E-state index is 5.84. The van der Waals surface area contributed by atoms with Crippen LogP contribution in [0, 0.1) is 0 Å². The minimum atomic E-state index is 0.102. The van der Waals surface area contributed by atoms with E-state index in [0.29, 0.717) is 10.8 Å². The summed E-state index contributed by atoms with van der Waals surface area (Å²) in [4.78, 5) is 7.59. The van der Waals surface area contributed by atoms with Crippen molar-refractivity contribution in [2.45, 2.75) is 0 Å². The standard InChI is InChI=1S/C10H6Cl2N2O/c11-8-6-13-10(12)14-9(8)15-7-4-2-1-3-5-7/h1-6H. The van der Waals surface area contributed by atoms with Crippen LogP contribution in [0.1, 0.15) is 0 Å². The van der Waals surface area contributed by atoms with Gasteiger partial charge in [0, 0.05) is 0 Å². The zero-order chi connectivity index (χ0) is 10.7. The summed E-state index contributed by atoms with van der Waals surface area (Å²) in [5, 5.41) is 0.425. The quantitative estimate of drug-likeness (QED) is 0.753. The van der Waals surface area contributed by atoms with Crippen LogP contribution in [-0.4, -0.2) is 9.97 Å². The molecule has 2 aromatic rings. The molecule has 2 rings (SSSR count). The zero-order valence-electron chi connectivity index (χ0n) is 7.52. The second kappa shape index (κ2) is 4.47. The number of aromatic nitrogens is 2. The number of hydrogen-bond donors (Lipinski definition) is 0. The van der Waals surface area contributed by atoms with E-state index in [1.54, 1.807) is 12.1 Å². The van der Waals surface area contributed by atoms with Crippen molar-refractivity contribution in [1.29, 1.82) is 0 Å². The highest BCUT2D eigenvalue weighted by molar-refractivity contribution is 6.32. The van der Waals surface area contributed by atoms with Gasteiger partial charge in [-0.05, 0) is 23.7 Å². The molecule has 0 aliphatic rings. The Hall–Kier alpha value is -1.32. The molecular formula is C10H6Cl2N2O. The van der Waals surface area contributed by atoms with Crippen molar-refractivity contribution in [1.82, 2.24) is 9.97 Å². The molecule has 1 aromatic carbocycles. The summed E-state index contributed by atoms with van der Waals surface area (Å²) < 4.78 is 5.42. The van der Waals surface area contributed by atoms with Crippen LogP contribution in [0.2, 0.25) is 10.3 Å². The summed E-state index contributed by atoms with van der Waals surface area (Å²) in [6.45, 7) is 0. The predicted octanol–water partition coefficient (Wildman–Crippen LogP) is 3.58. The Morgan fingerprint density at radius 1 is 1.07 bits per heavy atom. The van der Waals surface area contributed by atoms with Crippen molar-refractivity contribution in [3.05, 3.63) is 46.8 Å². The normalized spacial score (nSPS) is 10.0. The first kappa shape index (κ1) is 10.2. The van der Waals surface area contributed by atoms with E-state index in [0.717, 1.165) is 0 Å². The van der Waals surface area contributed by atoms with E-state index >= 15 is 0 Å². The van der Waals surface area contributed by atoms with E-state index in [9.17, 15) is 0 Å². The van der Waals surface area contributed by atoms with Gasteiger partial charge in [0.1, 0.15) is 10.8 Å². The highest BCUT2D eigenvalue weighted by Crippen LogP contribution is 2.26. The fourth-order valence-electron chi connectivity index (χ4n) is 1.00. The van der Waals surface area contributed by atoms with Crippen molar-refractivity contribution in [2.75, 3.05) is 0 Å². The molecule has 3 nitrogen and oxygen atoms in total. The number of benzene rings is 1. The molecule has 0 saturated heterocycles. The maximum absolute atomic E-state index is 5.84. The maximum Gasteiger partial charge on any atom is 0.242 e. The lowest BCUT2D eigenvalue weighted by Gasteiger charge is -2.05. The number of nitrogens with zero attached hydrogens (tertiary/aromatic N) is 2. The monoisotopic (exact) mass is 240 g/mol. The predicted molar refractivity (Wildman–Crippen MR) is 58.6 cm³/mol. The third-order valence-corrected chi connectivity index (χ3v) is 2.08. The number of para-hydroxylation sites is 1. The molecule has 0 atom stereocenters. The summed E-state index contributed by atoms with van der Waals surface area (Å²) >= 11 is 11.5. The van der Waals surface area contributed by atoms with Crippen LogP contribution in [0.25, 0.3) is 0 Å². The second-order valence-corrected chi connectivity index (χ2v) is 3.45. The SMILES string of the molecule is Clc1ncc(Cl)c(Oc2ccccc2)n1. The van der Waals surface area contributed by atoms with Gasteiger partial charge in [-0.3, -0.25) is 0 Å². The third-order valence-electron chi connectivity index (χ3n) is 1.64. The first-order valence-corrected chi connectivity index (χ1v) is 4.92. The first-order valence-electron chi connectivity index (χ1n) is 4.16. The average Bonchev–Trinajstić information content (AvgIpc) is 2.25. The number of rotatable bonds is 2. The average molecular weight is 241 g/mol. The summed E-state index contributed by atoms with van der Waals surface area (Å²) in [5.41, 5.74) is 0. The molecule has 0 N–H and O–H groups in total. The summed E-state index contributed by atoms with van der Waals surface area (Å²) in [6, 6.07) is 9.19. The van der Waals surface area contributed by atoms with Crippen LogP contribution >= 0.6 is 23.2 Å². The van der Waals surface area contributed by atoms with Gasteiger partial charge in [0.05, 0.1) is 6.20 Å². The fraction of sp³-hybridized carbons (Fsp3) is 0. The lowest BCUT2D eigenvalue weighted by Crippen LogP contribution is -1.90. The van der Waals surface area contributed by atoms with Gasteiger partial charge in [-0.2, -0.15) is 4.98 Å². The largest absolute Gasteiger partial charge is 0.437 e. The minimum absolute atomic E-state index is 0.102. The molecule has 0 radical (unpaired) electrons. The summed E-state index contributed by atoms with van der Waals surface area (Å²) in [5.74, 6) is 0.900. The zero-order valence-corrected chi connectivity index (χ0v) is 9.03. The highest BCUT2D eigenvalue weighted by atomic mass is 35.5. The van der Waals surface area contributed by atoms with Gasteiger partial charge in [-0.25, -0.2) is 4.98 Å². The van der Waals surface area contributed by atoms with E-state index in [4.69, 9.17) is 27.9 Å². The van der Waals surface area contributed by atoms with Crippen LogP contribution in [0.15, 0.2) is 36.5 Å². The molecule has 1 heterocycles. The van der Waals surface area contributed by atoms with Gasteiger partial charge in [-0.1, -0.05) is 29.8 Å². The Morgan fingerprint density at radius 3 is 2.53 bits per heavy atom. The molecule has 1 aromatic heterocycles. The van der Waals surface area contributed by atoms with Gasteiger partial charge < -0.3 is 4.74 Å². The Balaban J connectivity index is 2.28. The van der Waals surface area contributed by atoms with Crippen LogP contribution < -0.4 is 4.74 Å². The van der Waals surface area contributed by atoms with E-state index in [1.165, 1.54) is 6.20 Å². The molecule has 0 fully saturated rings. The molecule has 0 unspecified atom stereocenters. The van der Waals surface area contributed by atoms with Crippen LogP contribution in [0.5, 0.6) is 11.6 Å². The highest BCUT2D eigenvalue weighted by Gasteiger charge is 2.06. The summed E-state index contributed by atoms with van der Waals surface area (Å²) in [6.07, 6.45) is 1.40. The van der Waals surface area contributed by atoms with Crippen molar-refractivity contribution in [2.24, 2.45) is 0 Å². The molecule has 0 aliphatic carbocycles. The van der Waals surface area contributed by atoms with Crippen LogP contribution in [0.3, 0.4) is 0 Å². The number of halogens is 2. The molecule has 76 valence electrons.